The van der Waals surface area contributed by atoms with Gasteiger partial charge in [-0.25, -0.2) is 14.8 Å². The highest BCUT2D eigenvalue weighted by molar-refractivity contribution is 5.73. The Morgan fingerprint density at radius 1 is 1.05 bits per heavy atom. The molecule has 0 radical (unpaired) electrons. The number of alkyl halides is 3. The third-order valence-electron chi connectivity index (χ3n) is 6.03. The monoisotopic (exact) mass is 539 g/mol. The molecule has 0 aliphatic carbocycles. The van der Waals surface area contributed by atoms with Crippen LogP contribution in [0.1, 0.15) is 22.4 Å². The van der Waals surface area contributed by atoms with Gasteiger partial charge < -0.3 is 25.0 Å². The molecule has 1 aliphatic rings. The minimum atomic E-state index is -4.72. The van der Waals surface area contributed by atoms with Crippen molar-refractivity contribution in [2.45, 2.75) is 12.6 Å². The highest BCUT2D eigenvalue weighted by Gasteiger charge is 2.35. The number of carboxylic acid groups (broad SMARTS) is 1. The van der Waals surface area contributed by atoms with E-state index in [4.69, 9.17) is 5.11 Å². The van der Waals surface area contributed by atoms with Gasteiger partial charge in [-0.1, -0.05) is 24.1 Å². The summed E-state index contributed by atoms with van der Waals surface area (Å²) in [6.45, 7) is 1.88. The summed E-state index contributed by atoms with van der Waals surface area (Å²) < 4.78 is 45.6. The number of halogens is 3. The number of amides is 1. The van der Waals surface area contributed by atoms with Crippen molar-refractivity contribution in [1.82, 2.24) is 14.9 Å². The zero-order valence-corrected chi connectivity index (χ0v) is 20.8. The quantitative estimate of drug-likeness (QED) is 0.368. The highest BCUT2D eigenvalue weighted by Crippen LogP contribution is 2.31. The van der Waals surface area contributed by atoms with Gasteiger partial charge in [-0.3, -0.25) is 4.79 Å². The van der Waals surface area contributed by atoms with Crippen molar-refractivity contribution in [3.8, 4) is 11.8 Å². The summed E-state index contributed by atoms with van der Waals surface area (Å²) in [5, 5.41) is 12.0. The van der Waals surface area contributed by atoms with Crippen LogP contribution >= 0.6 is 0 Å². The van der Waals surface area contributed by atoms with Crippen molar-refractivity contribution in [2.24, 2.45) is 0 Å². The van der Waals surface area contributed by atoms with Crippen molar-refractivity contribution < 1.29 is 32.6 Å². The average molecular weight is 540 g/mol. The number of anilines is 3. The summed E-state index contributed by atoms with van der Waals surface area (Å²) in [4.78, 5) is 34.0. The second-order valence-electron chi connectivity index (χ2n) is 8.54. The number of nitrogens with zero attached hydrogens (tertiary/aromatic N) is 4. The third-order valence-corrected chi connectivity index (χ3v) is 6.03. The molecule has 0 spiro atoms. The number of nitrogens with one attached hydrogen (secondary N) is 1. The Labute approximate surface area is 222 Å². The molecule has 0 unspecified atom stereocenters. The summed E-state index contributed by atoms with van der Waals surface area (Å²) in [5.41, 5.74) is 0.731. The fourth-order valence-electron chi connectivity index (χ4n) is 3.94. The van der Waals surface area contributed by atoms with Gasteiger partial charge in [0.25, 0.3) is 0 Å². The van der Waals surface area contributed by atoms with E-state index in [2.05, 4.69) is 31.9 Å². The van der Waals surface area contributed by atoms with E-state index in [1.807, 2.05) is 17.0 Å². The number of carbonyl (C=O) groups excluding carboxylic acids is 1. The number of carbonyl (C=O) groups is 2. The predicted molar refractivity (Wildman–Crippen MR) is 137 cm³/mol. The van der Waals surface area contributed by atoms with Crippen molar-refractivity contribution in [2.75, 3.05) is 43.5 Å². The van der Waals surface area contributed by atoms with E-state index in [0.717, 1.165) is 5.69 Å². The molecule has 1 amide bonds. The van der Waals surface area contributed by atoms with E-state index in [9.17, 15) is 22.8 Å². The Bertz CT molecular complexity index is 1410. The SMILES string of the molecule is COC(=O)Cc1ccccc1C#Cc1nc(Nc2ccc(N3CCN(C(=O)O)CC3)cc2)ncc1C(F)(F)F. The Morgan fingerprint density at radius 2 is 1.74 bits per heavy atom. The normalized spacial score (nSPS) is 13.3. The summed E-state index contributed by atoms with van der Waals surface area (Å²) >= 11 is 0. The molecule has 0 saturated carbocycles. The first-order valence-electron chi connectivity index (χ1n) is 11.8. The first kappa shape index (κ1) is 27.3. The van der Waals surface area contributed by atoms with Gasteiger partial charge in [-0.05, 0) is 41.8 Å². The lowest BCUT2D eigenvalue weighted by Crippen LogP contribution is -2.48. The lowest BCUT2D eigenvalue weighted by atomic mass is 10.0. The van der Waals surface area contributed by atoms with E-state index >= 15 is 0 Å². The van der Waals surface area contributed by atoms with E-state index in [0.29, 0.717) is 49.2 Å². The predicted octanol–water partition coefficient (Wildman–Crippen LogP) is 4.15. The maximum atomic E-state index is 13.6. The fraction of sp³-hybridized carbons (Fsp3) is 0.259. The van der Waals surface area contributed by atoms with Crippen LogP contribution in [0.15, 0.2) is 54.7 Å². The molecule has 1 aromatic heterocycles. The van der Waals surface area contributed by atoms with Crippen molar-refractivity contribution in [3.05, 3.63) is 77.1 Å². The van der Waals surface area contributed by atoms with Crippen LogP contribution in [0.2, 0.25) is 0 Å². The zero-order valence-electron chi connectivity index (χ0n) is 20.8. The molecule has 1 aliphatic heterocycles. The minimum Gasteiger partial charge on any atom is -0.469 e. The molecular weight excluding hydrogens is 515 g/mol. The van der Waals surface area contributed by atoms with Gasteiger partial charge in [0.1, 0.15) is 11.3 Å². The Hall–Kier alpha value is -4.79. The smallest absolute Gasteiger partial charge is 0.420 e. The van der Waals surface area contributed by atoms with Crippen molar-refractivity contribution in [3.63, 3.8) is 0 Å². The molecule has 1 saturated heterocycles. The number of ether oxygens (including phenoxy) is 1. The summed E-state index contributed by atoms with van der Waals surface area (Å²) in [6, 6.07) is 13.7. The molecule has 2 aromatic carbocycles. The van der Waals surface area contributed by atoms with Crippen LogP contribution in [0.25, 0.3) is 0 Å². The van der Waals surface area contributed by atoms with Gasteiger partial charge >= 0.3 is 18.2 Å². The number of rotatable bonds is 5. The number of hydrogen-bond donors (Lipinski definition) is 2. The number of aromatic nitrogens is 2. The Morgan fingerprint density at radius 3 is 2.38 bits per heavy atom. The molecule has 2 heterocycles. The topological polar surface area (TPSA) is 108 Å². The van der Waals surface area contributed by atoms with E-state index < -0.39 is 29.5 Å². The molecule has 1 fully saturated rings. The molecule has 0 atom stereocenters. The van der Waals surface area contributed by atoms with Crippen LogP contribution in [0.3, 0.4) is 0 Å². The minimum absolute atomic E-state index is 0.0713. The summed E-state index contributed by atoms with van der Waals surface area (Å²) in [5.74, 6) is 4.62. The van der Waals surface area contributed by atoms with Gasteiger partial charge in [0.15, 0.2) is 0 Å². The lowest BCUT2D eigenvalue weighted by Gasteiger charge is -2.34. The van der Waals surface area contributed by atoms with Crippen LogP contribution in [0.4, 0.5) is 35.3 Å². The molecule has 39 heavy (non-hydrogen) atoms. The largest absolute Gasteiger partial charge is 0.469 e. The number of piperazine rings is 1. The van der Waals surface area contributed by atoms with Crippen LogP contribution in [-0.4, -0.2) is 65.3 Å². The van der Waals surface area contributed by atoms with Crippen LogP contribution in [0.5, 0.6) is 0 Å². The number of hydrogen-bond acceptors (Lipinski definition) is 7. The van der Waals surface area contributed by atoms with E-state index in [1.165, 1.54) is 12.0 Å². The average Bonchev–Trinajstić information content (AvgIpc) is 2.92. The van der Waals surface area contributed by atoms with E-state index in [1.54, 1.807) is 36.4 Å². The first-order valence-corrected chi connectivity index (χ1v) is 11.8. The van der Waals surface area contributed by atoms with Gasteiger partial charge in [0.2, 0.25) is 5.95 Å². The second-order valence-corrected chi connectivity index (χ2v) is 8.54. The van der Waals surface area contributed by atoms with E-state index in [-0.39, 0.29) is 12.4 Å². The van der Waals surface area contributed by atoms with Crippen molar-refractivity contribution >= 4 is 29.4 Å². The third kappa shape index (κ3) is 6.95. The van der Waals surface area contributed by atoms with Gasteiger partial charge in [-0.2, -0.15) is 13.2 Å². The van der Waals surface area contributed by atoms with Crippen LogP contribution in [-0.2, 0) is 22.1 Å². The highest BCUT2D eigenvalue weighted by atomic mass is 19.4. The Balaban J connectivity index is 1.54. The summed E-state index contributed by atoms with van der Waals surface area (Å²) in [6.07, 6.45) is -5.06. The first-order chi connectivity index (χ1) is 18.6. The fourth-order valence-corrected chi connectivity index (χ4v) is 3.94. The maximum absolute atomic E-state index is 13.6. The van der Waals surface area contributed by atoms with Gasteiger partial charge in [0.05, 0.1) is 13.5 Å². The van der Waals surface area contributed by atoms with Crippen molar-refractivity contribution in [1.29, 1.82) is 0 Å². The van der Waals surface area contributed by atoms with Gasteiger partial charge in [0, 0.05) is 49.3 Å². The second kappa shape index (κ2) is 11.7. The molecule has 9 nitrogen and oxygen atoms in total. The number of methoxy groups -OCH3 is 1. The Kier molecular flexibility index (Phi) is 8.19. The molecule has 2 N–H and O–H groups in total. The zero-order chi connectivity index (χ0) is 28.0. The maximum Gasteiger partial charge on any atom is 0.420 e. The van der Waals surface area contributed by atoms with Crippen LogP contribution < -0.4 is 10.2 Å². The molecule has 4 rings (SSSR count). The summed E-state index contributed by atoms with van der Waals surface area (Å²) in [7, 11) is 1.25. The molecule has 12 heteroatoms. The standard InChI is InChI=1S/C27H24F3N5O4/c1-39-24(36)16-19-5-3-2-4-18(19)6-11-23-22(27(28,29)30)17-31-25(33-23)32-20-7-9-21(10-8-20)34-12-14-35(15-13-34)26(37)38/h2-5,7-10,17H,12-16H2,1H3,(H,37,38)(H,31,32,33). The molecule has 202 valence electrons. The number of benzene rings is 2. The van der Waals surface area contributed by atoms with Gasteiger partial charge in [-0.15, -0.1) is 0 Å². The molecule has 0 bridgehead atoms. The van der Waals surface area contributed by atoms with Crippen LogP contribution in [0, 0.1) is 11.8 Å². The molecule has 3 aromatic rings. The number of esters is 1. The molecular formula is C27H24F3N5O4. The lowest BCUT2D eigenvalue weighted by molar-refractivity contribution is -0.140.